The molecule has 0 radical (unpaired) electrons. The Labute approximate surface area is 205 Å². The third kappa shape index (κ3) is 5.03. The highest BCUT2D eigenvalue weighted by Crippen LogP contribution is 2.30. The second-order valence-corrected chi connectivity index (χ2v) is 9.51. The first-order valence-electron chi connectivity index (χ1n) is 11.8. The van der Waals surface area contributed by atoms with Crippen molar-refractivity contribution in [3.05, 3.63) is 71.4 Å². The number of benzene rings is 2. The molecule has 0 atom stereocenters. The number of hydrogen-bond acceptors (Lipinski definition) is 6. The van der Waals surface area contributed by atoms with Gasteiger partial charge in [0.2, 0.25) is 5.95 Å². The summed E-state index contributed by atoms with van der Waals surface area (Å²) in [5, 5.41) is 9.01. The molecule has 0 amide bonds. The van der Waals surface area contributed by atoms with E-state index in [1.54, 1.807) is 0 Å². The molecule has 0 spiro atoms. The van der Waals surface area contributed by atoms with Crippen LogP contribution in [0.5, 0.6) is 0 Å². The van der Waals surface area contributed by atoms with Gasteiger partial charge in [0.25, 0.3) is 0 Å². The summed E-state index contributed by atoms with van der Waals surface area (Å²) in [6.07, 6.45) is 4.36. The molecule has 0 aliphatic heterocycles. The number of aromatic nitrogens is 2. The summed E-state index contributed by atoms with van der Waals surface area (Å²) in [5.41, 5.74) is 1.89. The SMILES string of the molecule is CN(C)c1nc(NC2CCC(NCc3ccc(-c4ccccc4Cl)o3)CC2)nc2ccccc12. The molecular formula is C27H30ClN5O. The van der Waals surface area contributed by atoms with Gasteiger partial charge in [-0.3, -0.25) is 0 Å². The molecule has 2 N–H and O–H groups in total. The average Bonchev–Trinajstić information content (AvgIpc) is 3.32. The topological polar surface area (TPSA) is 66.2 Å². The molecule has 7 heteroatoms. The number of furan rings is 1. The molecule has 0 saturated heterocycles. The molecule has 0 bridgehead atoms. The maximum absolute atomic E-state index is 6.30. The molecule has 176 valence electrons. The summed E-state index contributed by atoms with van der Waals surface area (Å²) in [6, 6.07) is 20.8. The number of nitrogens with zero attached hydrogens (tertiary/aromatic N) is 3. The molecule has 2 aromatic heterocycles. The van der Waals surface area contributed by atoms with Gasteiger partial charge in [-0.15, -0.1) is 0 Å². The van der Waals surface area contributed by atoms with Crippen LogP contribution in [0.4, 0.5) is 11.8 Å². The molecule has 1 saturated carbocycles. The molecule has 0 unspecified atom stereocenters. The Bertz CT molecular complexity index is 1260. The van der Waals surface area contributed by atoms with E-state index in [4.69, 9.17) is 26.0 Å². The van der Waals surface area contributed by atoms with Crippen LogP contribution in [0, 0.1) is 0 Å². The average molecular weight is 476 g/mol. The number of rotatable bonds is 7. The van der Waals surface area contributed by atoms with Crippen LogP contribution in [0.15, 0.2) is 65.1 Å². The minimum atomic E-state index is 0.379. The number of halogens is 1. The summed E-state index contributed by atoms with van der Waals surface area (Å²) < 4.78 is 6.03. The van der Waals surface area contributed by atoms with Crippen LogP contribution < -0.4 is 15.5 Å². The molecule has 1 aliphatic carbocycles. The Hall–Kier alpha value is -3.09. The Balaban J connectivity index is 1.15. The molecule has 4 aromatic rings. The summed E-state index contributed by atoms with van der Waals surface area (Å²) in [7, 11) is 4.04. The fraction of sp³-hybridized carbons (Fsp3) is 0.333. The minimum absolute atomic E-state index is 0.379. The minimum Gasteiger partial charge on any atom is -0.460 e. The van der Waals surface area contributed by atoms with Gasteiger partial charge in [0.15, 0.2) is 0 Å². The number of hydrogen-bond donors (Lipinski definition) is 2. The van der Waals surface area contributed by atoms with Crippen molar-refractivity contribution in [1.82, 2.24) is 15.3 Å². The maximum atomic E-state index is 6.30. The quantitative estimate of drug-likeness (QED) is 0.335. The second kappa shape index (κ2) is 10.0. The van der Waals surface area contributed by atoms with E-state index in [2.05, 4.69) is 16.7 Å². The smallest absolute Gasteiger partial charge is 0.225 e. The molecule has 1 fully saturated rings. The van der Waals surface area contributed by atoms with Crippen LogP contribution in [0.25, 0.3) is 22.2 Å². The standard InChI is InChI=1S/C27H30ClN5O/c1-33(2)26-22-8-4-6-10-24(22)31-27(32-26)30-19-13-11-18(12-14-19)29-17-20-15-16-25(34-20)21-7-3-5-9-23(21)28/h3-10,15-16,18-19,29H,11-14,17H2,1-2H3,(H,30,31,32). The van der Waals surface area contributed by atoms with E-state index in [1.807, 2.05) is 73.6 Å². The van der Waals surface area contributed by atoms with Gasteiger partial charge in [-0.1, -0.05) is 35.9 Å². The van der Waals surface area contributed by atoms with Crippen molar-refractivity contribution in [3.8, 4) is 11.3 Å². The van der Waals surface area contributed by atoms with Gasteiger partial charge in [0, 0.05) is 37.1 Å². The fourth-order valence-corrected chi connectivity index (χ4v) is 4.84. The fourth-order valence-electron chi connectivity index (χ4n) is 4.61. The molecule has 5 rings (SSSR count). The highest BCUT2D eigenvalue weighted by atomic mass is 35.5. The van der Waals surface area contributed by atoms with Crippen LogP contribution in [0.1, 0.15) is 31.4 Å². The molecule has 1 aliphatic rings. The van der Waals surface area contributed by atoms with Gasteiger partial charge in [-0.25, -0.2) is 4.98 Å². The third-order valence-corrected chi connectivity index (χ3v) is 6.76. The van der Waals surface area contributed by atoms with Crippen molar-refractivity contribution in [2.24, 2.45) is 0 Å². The van der Waals surface area contributed by atoms with Crippen molar-refractivity contribution in [2.45, 2.75) is 44.3 Å². The van der Waals surface area contributed by atoms with E-state index in [0.717, 1.165) is 59.5 Å². The Morgan fingerprint density at radius 2 is 1.65 bits per heavy atom. The molecule has 34 heavy (non-hydrogen) atoms. The number of anilines is 2. The van der Waals surface area contributed by atoms with Crippen molar-refractivity contribution in [2.75, 3.05) is 24.3 Å². The van der Waals surface area contributed by atoms with Crippen LogP contribution in [-0.4, -0.2) is 36.1 Å². The summed E-state index contributed by atoms with van der Waals surface area (Å²) in [4.78, 5) is 11.6. The predicted octanol–water partition coefficient (Wildman–Crippen LogP) is 6.12. The molecule has 6 nitrogen and oxygen atoms in total. The largest absolute Gasteiger partial charge is 0.460 e. The van der Waals surface area contributed by atoms with Gasteiger partial charge in [0.05, 0.1) is 17.1 Å². The van der Waals surface area contributed by atoms with Gasteiger partial charge in [0.1, 0.15) is 17.3 Å². The van der Waals surface area contributed by atoms with Crippen molar-refractivity contribution in [1.29, 1.82) is 0 Å². The first-order chi connectivity index (χ1) is 16.6. The molecular weight excluding hydrogens is 446 g/mol. The van der Waals surface area contributed by atoms with Crippen LogP contribution in [-0.2, 0) is 6.54 Å². The van der Waals surface area contributed by atoms with Gasteiger partial charge in [-0.05, 0) is 62.1 Å². The van der Waals surface area contributed by atoms with E-state index in [9.17, 15) is 0 Å². The van der Waals surface area contributed by atoms with E-state index < -0.39 is 0 Å². The first kappa shape index (κ1) is 22.7. The lowest BCUT2D eigenvalue weighted by molar-refractivity contribution is 0.341. The van der Waals surface area contributed by atoms with Crippen LogP contribution in [0.3, 0.4) is 0 Å². The van der Waals surface area contributed by atoms with Crippen LogP contribution in [0.2, 0.25) is 5.02 Å². The maximum Gasteiger partial charge on any atom is 0.225 e. The first-order valence-corrected chi connectivity index (χ1v) is 12.2. The van der Waals surface area contributed by atoms with Crippen molar-refractivity contribution < 1.29 is 4.42 Å². The highest BCUT2D eigenvalue weighted by molar-refractivity contribution is 6.33. The Morgan fingerprint density at radius 1 is 0.912 bits per heavy atom. The normalized spacial score (nSPS) is 18.2. The van der Waals surface area contributed by atoms with Crippen molar-refractivity contribution in [3.63, 3.8) is 0 Å². The van der Waals surface area contributed by atoms with E-state index in [0.29, 0.717) is 29.6 Å². The van der Waals surface area contributed by atoms with Gasteiger partial charge in [-0.2, -0.15) is 4.98 Å². The lowest BCUT2D eigenvalue weighted by atomic mass is 9.91. The van der Waals surface area contributed by atoms with Crippen LogP contribution >= 0.6 is 11.6 Å². The highest BCUT2D eigenvalue weighted by Gasteiger charge is 2.22. The monoisotopic (exact) mass is 475 g/mol. The van der Waals surface area contributed by atoms with E-state index >= 15 is 0 Å². The van der Waals surface area contributed by atoms with Crippen molar-refractivity contribution >= 4 is 34.3 Å². The molecule has 2 heterocycles. The molecule has 2 aromatic carbocycles. The second-order valence-electron chi connectivity index (χ2n) is 9.10. The van der Waals surface area contributed by atoms with E-state index in [-0.39, 0.29) is 0 Å². The zero-order chi connectivity index (χ0) is 23.5. The Kier molecular flexibility index (Phi) is 6.70. The number of fused-ring (bicyclic) bond motifs is 1. The summed E-state index contributed by atoms with van der Waals surface area (Å²) in [5.74, 6) is 3.39. The predicted molar refractivity (Wildman–Crippen MR) is 140 cm³/mol. The van der Waals surface area contributed by atoms with Gasteiger partial charge >= 0.3 is 0 Å². The zero-order valence-corrected chi connectivity index (χ0v) is 20.3. The number of para-hydroxylation sites is 1. The number of nitrogens with one attached hydrogen (secondary N) is 2. The Morgan fingerprint density at radius 3 is 2.44 bits per heavy atom. The third-order valence-electron chi connectivity index (χ3n) is 6.43. The summed E-state index contributed by atoms with van der Waals surface area (Å²) in [6.45, 7) is 0.715. The summed E-state index contributed by atoms with van der Waals surface area (Å²) >= 11 is 6.30. The van der Waals surface area contributed by atoms with E-state index in [1.165, 1.54) is 0 Å². The van der Waals surface area contributed by atoms with Gasteiger partial charge < -0.3 is 20.0 Å². The zero-order valence-electron chi connectivity index (χ0n) is 19.6. The lowest BCUT2D eigenvalue weighted by Gasteiger charge is -2.30. The lowest BCUT2D eigenvalue weighted by Crippen LogP contribution is -2.36.